The van der Waals surface area contributed by atoms with Gasteiger partial charge in [0.15, 0.2) is 0 Å². The number of rotatable bonds is 5. The number of benzene rings is 3. The predicted octanol–water partition coefficient (Wildman–Crippen LogP) is 3.75. The van der Waals surface area contributed by atoms with E-state index in [2.05, 4.69) is 10.6 Å². The van der Waals surface area contributed by atoms with Crippen molar-refractivity contribution in [3.63, 3.8) is 0 Å². The summed E-state index contributed by atoms with van der Waals surface area (Å²) in [5.41, 5.74) is 3.86. The van der Waals surface area contributed by atoms with E-state index in [1.807, 2.05) is 74.5 Å². The van der Waals surface area contributed by atoms with Crippen molar-refractivity contribution in [2.75, 3.05) is 11.9 Å². The maximum Gasteiger partial charge on any atom is 0.243 e. The fourth-order valence-corrected chi connectivity index (χ4v) is 3.01. The van der Waals surface area contributed by atoms with Crippen molar-refractivity contribution in [2.24, 2.45) is 0 Å². The number of amides is 2. The van der Waals surface area contributed by atoms with Gasteiger partial charge in [0.25, 0.3) is 0 Å². The van der Waals surface area contributed by atoms with Gasteiger partial charge in [-0.15, -0.1) is 0 Å². The molecule has 4 heteroatoms. The van der Waals surface area contributed by atoms with Crippen molar-refractivity contribution in [1.29, 1.82) is 0 Å². The molecule has 0 atom stereocenters. The van der Waals surface area contributed by atoms with Crippen LogP contribution < -0.4 is 10.6 Å². The molecule has 0 aliphatic carbocycles. The Labute approximate surface area is 153 Å². The zero-order valence-corrected chi connectivity index (χ0v) is 15.0. The highest BCUT2D eigenvalue weighted by Crippen LogP contribution is 2.19. The second kappa shape index (κ2) is 7.83. The van der Waals surface area contributed by atoms with Gasteiger partial charge in [0, 0.05) is 5.69 Å². The van der Waals surface area contributed by atoms with Crippen LogP contribution in [0.4, 0.5) is 5.69 Å². The minimum Gasteiger partial charge on any atom is -0.347 e. The molecule has 0 radical (unpaired) electrons. The molecule has 132 valence electrons. The number of hydrogen-bond donors (Lipinski definition) is 2. The Balaban J connectivity index is 1.57. The van der Waals surface area contributed by atoms with Gasteiger partial charge in [-0.25, -0.2) is 0 Å². The van der Waals surface area contributed by atoms with Gasteiger partial charge in [-0.1, -0.05) is 60.2 Å². The minimum absolute atomic E-state index is 0.0447. The number of nitrogens with one attached hydrogen (secondary N) is 2. The summed E-state index contributed by atoms with van der Waals surface area (Å²) in [7, 11) is 0. The summed E-state index contributed by atoms with van der Waals surface area (Å²) < 4.78 is 0. The maximum absolute atomic E-state index is 12.2. The maximum atomic E-state index is 12.2. The highest BCUT2D eigenvalue weighted by molar-refractivity contribution is 5.96. The topological polar surface area (TPSA) is 58.2 Å². The average Bonchev–Trinajstić information content (AvgIpc) is 2.63. The summed E-state index contributed by atoms with van der Waals surface area (Å²) in [6.07, 6.45) is 0.248. The summed E-state index contributed by atoms with van der Waals surface area (Å²) >= 11 is 0. The van der Waals surface area contributed by atoms with Crippen LogP contribution in [-0.2, 0) is 16.0 Å². The van der Waals surface area contributed by atoms with Crippen LogP contribution in [0.2, 0.25) is 0 Å². The van der Waals surface area contributed by atoms with E-state index < -0.39 is 0 Å². The molecule has 26 heavy (non-hydrogen) atoms. The first-order chi connectivity index (χ1) is 12.5. The molecule has 4 nitrogen and oxygen atoms in total. The molecular formula is C22H22N2O2. The second-order valence-corrected chi connectivity index (χ2v) is 6.46. The predicted molar refractivity (Wildman–Crippen MR) is 105 cm³/mol. The zero-order chi connectivity index (χ0) is 18.5. The van der Waals surface area contributed by atoms with Gasteiger partial charge in [0.1, 0.15) is 0 Å². The first-order valence-electron chi connectivity index (χ1n) is 8.63. The lowest BCUT2D eigenvalue weighted by molar-refractivity contribution is -0.123. The van der Waals surface area contributed by atoms with Crippen molar-refractivity contribution in [1.82, 2.24) is 5.32 Å². The van der Waals surface area contributed by atoms with Gasteiger partial charge < -0.3 is 10.6 Å². The Kier molecular flexibility index (Phi) is 5.32. The lowest BCUT2D eigenvalue weighted by Gasteiger charge is -2.10. The van der Waals surface area contributed by atoms with E-state index in [9.17, 15) is 9.59 Å². The van der Waals surface area contributed by atoms with Crippen LogP contribution in [0, 0.1) is 13.8 Å². The highest BCUT2D eigenvalue weighted by atomic mass is 16.2. The molecule has 0 spiro atoms. The van der Waals surface area contributed by atoms with Gasteiger partial charge >= 0.3 is 0 Å². The molecule has 0 aliphatic heterocycles. The minimum atomic E-state index is -0.233. The summed E-state index contributed by atoms with van der Waals surface area (Å²) in [5.74, 6) is -0.402. The van der Waals surface area contributed by atoms with Crippen molar-refractivity contribution < 1.29 is 9.59 Å². The molecule has 0 aliphatic rings. The summed E-state index contributed by atoms with van der Waals surface area (Å²) in [5, 5.41) is 7.69. The van der Waals surface area contributed by atoms with Crippen molar-refractivity contribution in [2.45, 2.75) is 20.3 Å². The van der Waals surface area contributed by atoms with Crippen LogP contribution in [0.1, 0.15) is 16.7 Å². The van der Waals surface area contributed by atoms with Crippen LogP contribution in [0.3, 0.4) is 0 Å². The SMILES string of the molecule is Cc1ccc(NC(=O)CNC(=O)Cc2cccc3ccccc23)c(C)c1. The standard InChI is InChI=1S/C22H22N2O2/c1-15-10-11-20(16(2)12-15)24-22(26)14-23-21(25)13-18-8-5-7-17-6-3-4-9-19(17)18/h3-12H,13-14H2,1-2H3,(H,23,25)(H,24,26). The Bertz CT molecular complexity index is 958. The molecule has 3 rings (SSSR count). The normalized spacial score (nSPS) is 10.5. The lowest BCUT2D eigenvalue weighted by Crippen LogP contribution is -2.33. The number of anilines is 1. The summed E-state index contributed by atoms with van der Waals surface area (Å²) in [6, 6.07) is 19.7. The third-order valence-corrected chi connectivity index (χ3v) is 4.33. The molecule has 0 fully saturated rings. The summed E-state index contributed by atoms with van der Waals surface area (Å²) in [4.78, 5) is 24.3. The quantitative estimate of drug-likeness (QED) is 0.739. The van der Waals surface area contributed by atoms with E-state index in [4.69, 9.17) is 0 Å². The second-order valence-electron chi connectivity index (χ2n) is 6.46. The molecular weight excluding hydrogens is 324 g/mol. The largest absolute Gasteiger partial charge is 0.347 e. The molecule has 0 saturated heterocycles. The Morgan fingerprint density at radius 2 is 1.65 bits per heavy atom. The molecule has 3 aromatic carbocycles. The fourth-order valence-electron chi connectivity index (χ4n) is 3.01. The molecule has 2 N–H and O–H groups in total. The monoisotopic (exact) mass is 346 g/mol. The first-order valence-corrected chi connectivity index (χ1v) is 8.63. The first kappa shape index (κ1) is 17.7. The fraction of sp³-hybridized carbons (Fsp3) is 0.182. The number of aryl methyl sites for hydroxylation is 2. The van der Waals surface area contributed by atoms with Crippen LogP contribution in [0.5, 0.6) is 0 Å². The Morgan fingerprint density at radius 1 is 0.885 bits per heavy atom. The van der Waals surface area contributed by atoms with Crippen molar-refractivity contribution in [3.8, 4) is 0 Å². The van der Waals surface area contributed by atoms with E-state index in [-0.39, 0.29) is 24.8 Å². The van der Waals surface area contributed by atoms with Gasteiger partial charge in [-0.3, -0.25) is 9.59 Å². The van der Waals surface area contributed by atoms with E-state index in [1.165, 1.54) is 0 Å². The molecule has 0 unspecified atom stereocenters. The number of carbonyl (C=O) groups excluding carboxylic acids is 2. The molecule has 0 bridgehead atoms. The Morgan fingerprint density at radius 3 is 2.46 bits per heavy atom. The lowest BCUT2D eigenvalue weighted by atomic mass is 10.0. The van der Waals surface area contributed by atoms with Crippen molar-refractivity contribution >= 4 is 28.3 Å². The molecule has 0 aromatic heterocycles. The molecule has 3 aromatic rings. The van der Waals surface area contributed by atoms with Gasteiger partial charge in [0.05, 0.1) is 13.0 Å². The average molecular weight is 346 g/mol. The number of hydrogen-bond acceptors (Lipinski definition) is 2. The van der Waals surface area contributed by atoms with E-state index in [0.717, 1.165) is 33.2 Å². The van der Waals surface area contributed by atoms with Crippen LogP contribution in [0.25, 0.3) is 10.8 Å². The third-order valence-electron chi connectivity index (χ3n) is 4.33. The molecule has 0 heterocycles. The zero-order valence-electron chi connectivity index (χ0n) is 15.0. The highest BCUT2D eigenvalue weighted by Gasteiger charge is 2.10. The van der Waals surface area contributed by atoms with E-state index >= 15 is 0 Å². The van der Waals surface area contributed by atoms with Gasteiger partial charge in [-0.05, 0) is 41.8 Å². The molecule has 2 amide bonds. The van der Waals surface area contributed by atoms with E-state index in [1.54, 1.807) is 0 Å². The van der Waals surface area contributed by atoms with Crippen LogP contribution >= 0.6 is 0 Å². The third kappa shape index (κ3) is 4.28. The number of carbonyl (C=O) groups is 2. The van der Waals surface area contributed by atoms with E-state index in [0.29, 0.717) is 0 Å². The van der Waals surface area contributed by atoms with Crippen LogP contribution in [-0.4, -0.2) is 18.4 Å². The van der Waals surface area contributed by atoms with Crippen molar-refractivity contribution in [3.05, 3.63) is 77.4 Å². The smallest absolute Gasteiger partial charge is 0.243 e. The molecule has 0 saturated carbocycles. The Hall–Kier alpha value is -3.14. The van der Waals surface area contributed by atoms with Gasteiger partial charge in [0.2, 0.25) is 11.8 Å². The van der Waals surface area contributed by atoms with Gasteiger partial charge in [-0.2, -0.15) is 0 Å². The summed E-state index contributed by atoms with van der Waals surface area (Å²) in [6.45, 7) is 3.91. The van der Waals surface area contributed by atoms with Crippen LogP contribution in [0.15, 0.2) is 60.7 Å². The number of fused-ring (bicyclic) bond motifs is 1.